The lowest BCUT2D eigenvalue weighted by molar-refractivity contribution is -0.133. The maximum absolute atomic E-state index is 11.4. The van der Waals surface area contributed by atoms with Crippen LogP contribution in [-0.2, 0) is 9.59 Å². The lowest BCUT2D eigenvalue weighted by atomic mass is 9.82. The number of carboxylic acids is 1. The first kappa shape index (κ1) is 11.3. The molecule has 2 atom stereocenters. The zero-order valence-electron chi connectivity index (χ0n) is 9.45. The molecule has 1 saturated heterocycles. The summed E-state index contributed by atoms with van der Waals surface area (Å²) in [6.07, 6.45) is 4.97. The molecule has 0 radical (unpaired) electrons. The van der Waals surface area contributed by atoms with E-state index in [1.807, 2.05) is 6.08 Å². The monoisotopic (exact) mass is 223 g/mol. The summed E-state index contributed by atoms with van der Waals surface area (Å²) in [5.74, 6) is -0.146. The molecule has 0 aromatic carbocycles. The van der Waals surface area contributed by atoms with Gasteiger partial charge in [0.2, 0.25) is 0 Å². The smallest absolute Gasteiger partial charge is 0.331 e. The van der Waals surface area contributed by atoms with Gasteiger partial charge in [0.25, 0.3) is 0 Å². The van der Waals surface area contributed by atoms with Gasteiger partial charge in [-0.3, -0.25) is 4.79 Å². The number of hydrogen-bond donors (Lipinski definition) is 2. The predicted octanol–water partition coefficient (Wildman–Crippen LogP) is 1.12. The first-order valence-corrected chi connectivity index (χ1v) is 5.72. The van der Waals surface area contributed by atoms with Crippen molar-refractivity contribution in [3.63, 3.8) is 0 Å². The molecule has 2 aliphatic rings. The van der Waals surface area contributed by atoms with Gasteiger partial charge in [0.15, 0.2) is 5.78 Å². The van der Waals surface area contributed by atoms with E-state index in [4.69, 9.17) is 5.11 Å². The average molecular weight is 223 g/mol. The molecule has 1 unspecified atom stereocenters. The van der Waals surface area contributed by atoms with Gasteiger partial charge in [0.05, 0.1) is 5.54 Å². The molecular weight excluding hydrogens is 206 g/mol. The fourth-order valence-corrected chi connectivity index (χ4v) is 2.40. The lowest BCUT2D eigenvalue weighted by Gasteiger charge is -2.23. The molecule has 2 rings (SSSR count). The second kappa shape index (κ2) is 4.01. The van der Waals surface area contributed by atoms with Gasteiger partial charge in [-0.2, -0.15) is 0 Å². The molecule has 16 heavy (non-hydrogen) atoms. The third kappa shape index (κ3) is 2.16. The third-order valence-corrected chi connectivity index (χ3v) is 3.71. The van der Waals surface area contributed by atoms with Gasteiger partial charge in [0, 0.05) is 12.1 Å². The van der Waals surface area contributed by atoms with Gasteiger partial charge >= 0.3 is 5.97 Å². The van der Waals surface area contributed by atoms with Crippen LogP contribution in [0, 0.1) is 5.92 Å². The summed E-state index contributed by atoms with van der Waals surface area (Å²) in [5, 5.41) is 12.0. The predicted molar refractivity (Wildman–Crippen MR) is 59.1 cm³/mol. The van der Waals surface area contributed by atoms with Crippen LogP contribution in [0.5, 0.6) is 0 Å². The minimum Gasteiger partial charge on any atom is -0.478 e. The zero-order valence-corrected chi connectivity index (χ0v) is 9.45. The van der Waals surface area contributed by atoms with E-state index in [9.17, 15) is 9.59 Å². The Hall–Kier alpha value is -1.16. The van der Waals surface area contributed by atoms with Gasteiger partial charge < -0.3 is 10.4 Å². The fraction of sp³-hybridized carbons (Fsp3) is 0.667. The first-order chi connectivity index (χ1) is 7.53. The maximum Gasteiger partial charge on any atom is 0.331 e. The summed E-state index contributed by atoms with van der Waals surface area (Å²) in [4.78, 5) is 22.1. The van der Waals surface area contributed by atoms with E-state index in [1.54, 1.807) is 6.92 Å². The molecule has 88 valence electrons. The fourth-order valence-electron chi connectivity index (χ4n) is 2.40. The van der Waals surface area contributed by atoms with Crippen molar-refractivity contribution in [3.8, 4) is 0 Å². The highest BCUT2D eigenvalue weighted by molar-refractivity contribution is 5.89. The second-order valence-electron chi connectivity index (χ2n) is 4.87. The summed E-state index contributed by atoms with van der Waals surface area (Å²) in [5.41, 5.74) is 0.246. The van der Waals surface area contributed by atoms with Crippen molar-refractivity contribution in [1.29, 1.82) is 0 Å². The Morgan fingerprint density at radius 3 is 2.69 bits per heavy atom. The van der Waals surface area contributed by atoms with Crippen LogP contribution in [0.15, 0.2) is 11.6 Å². The van der Waals surface area contributed by atoms with Crippen LogP contribution in [-0.4, -0.2) is 28.9 Å². The normalized spacial score (nSPS) is 33.1. The topological polar surface area (TPSA) is 76.3 Å². The van der Waals surface area contributed by atoms with E-state index in [0.29, 0.717) is 17.9 Å². The molecule has 1 aliphatic carbocycles. The average Bonchev–Trinajstić information content (AvgIpc) is 3.00. The third-order valence-electron chi connectivity index (χ3n) is 3.71. The highest BCUT2D eigenvalue weighted by atomic mass is 16.4. The van der Waals surface area contributed by atoms with Gasteiger partial charge in [0.1, 0.15) is 0 Å². The standard InChI is InChI=1S/C12H17NO3/c1-8(14)12(7-13-12)6-9-2-4-10(5-3-9)11(15)16/h4,9,13H,2-3,5-7H2,1H3,(H,15,16)/t9-,12?/m0/s1. The van der Waals surface area contributed by atoms with E-state index in [1.165, 1.54) is 0 Å². The number of hydrogen-bond acceptors (Lipinski definition) is 3. The molecule has 4 heteroatoms. The van der Waals surface area contributed by atoms with Crippen molar-refractivity contribution in [2.24, 2.45) is 5.92 Å². The number of carbonyl (C=O) groups is 2. The number of rotatable bonds is 4. The Kier molecular flexibility index (Phi) is 2.84. The van der Waals surface area contributed by atoms with E-state index in [2.05, 4.69) is 5.32 Å². The summed E-state index contributed by atoms with van der Waals surface area (Å²) in [7, 11) is 0. The second-order valence-corrected chi connectivity index (χ2v) is 4.87. The molecular formula is C12H17NO3. The Morgan fingerprint density at radius 1 is 1.62 bits per heavy atom. The van der Waals surface area contributed by atoms with Gasteiger partial charge in [-0.15, -0.1) is 0 Å². The number of Topliss-reactive ketones (excluding diaryl/α,β-unsaturated/α-hetero) is 1. The highest BCUT2D eigenvalue weighted by Crippen LogP contribution is 2.34. The molecule has 0 amide bonds. The molecule has 0 aromatic heterocycles. The largest absolute Gasteiger partial charge is 0.478 e. The van der Waals surface area contributed by atoms with Crippen molar-refractivity contribution < 1.29 is 14.7 Å². The molecule has 0 spiro atoms. The lowest BCUT2D eigenvalue weighted by Crippen LogP contribution is -2.29. The van der Waals surface area contributed by atoms with Crippen LogP contribution >= 0.6 is 0 Å². The number of aliphatic carboxylic acids is 1. The van der Waals surface area contributed by atoms with Gasteiger partial charge in [-0.05, 0) is 38.5 Å². The van der Waals surface area contributed by atoms with Crippen molar-refractivity contribution in [2.45, 2.75) is 38.1 Å². The molecule has 1 heterocycles. The van der Waals surface area contributed by atoms with Crippen LogP contribution in [0.4, 0.5) is 0 Å². The minimum atomic E-state index is -0.802. The summed E-state index contributed by atoms with van der Waals surface area (Å²) in [6, 6.07) is 0. The highest BCUT2D eigenvalue weighted by Gasteiger charge is 2.47. The quantitative estimate of drug-likeness (QED) is 0.700. The molecule has 4 nitrogen and oxygen atoms in total. The van der Waals surface area contributed by atoms with Gasteiger partial charge in [-0.25, -0.2) is 4.79 Å². The van der Waals surface area contributed by atoms with E-state index in [-0.39, 0.29) is 11.3 Å². The molecule has 1 fully saturated rings. The Bertz CT molecular complexity index is 355. The first-order valence-electron chi connectivity index (χ1n) is 5.72. The van der Waals surface area contributed by atoms with E-state index in [0.717, 1.165) is 25.8 Å². The van der Waals surface area contributed by atoms with Gasteiger partial charge in [-0.1, -0.05) is 6.08 Å². The van der Waals surface area contributed by atoms with Crippen molar-refractivity contribution in [2.75, 3.05) is 6.54 Å². The Morgan fingerprint density at radius 2 is 2.31 bits per heavy atom. The summed E-state index contributed by atoms with van der Waals surface area (Å²) in [6.45, 7) is 2.41. The molecule has 1 aliphatic heterocycles. The summed E-state index contributed by atoms with van der Waals surface area (Å²) >= 11 is 0. The Balaban J connectivity index is 1.91. The molecule has 0 aromatic rings. The Labute approximate surface area is 94.7 Å². The summed E-state index contributed by atoms with van der Waals surface area (Å²) < 4.78 is 0. The number of ketones is 1. The van der Waals surface area contributed by atoms with Crippen LogP contribution in [0.25, 0.3) is 0 Å². The number of allylic oxidation sites excluding steroid dienone is 1. The number of nitrogens with one attached hydrogen (secondary N) is 1. The molecule has 2 N–H and O–H groups in total. The SMILES string of the molecule is CC(=O)C1(C[C@H]2CC=C(C(=O)O)CC2)CN1. The zero-order chi connectivity index (χ0) is 11.8. The van der Waals surface area contributed by atoms with Crippen molar-refractivity contribution in [1.82, 2.24) is 5.32 Å². The van der Waals surface area contributed by atoms with E-state index < -0.39 is 5.97 Å². The molecule has 0 bridgehead atoms. The van der Waals surface area contributed by atoms with Crippen molar-refractivity contribution in [3.05, 3.63) is 11.6 Å². The van der Waals surface area contributed by atoms with Crippen LogP contribution < -0.4 is 5.32 Å². The molecule has 0 saturated carbocycles. The van der Waals surface area contributed by atoms with Crippen molar-refractivity contribution >= 4 is 11.8 Å². The minimum absolute atomic E-state index is 0.209. The van der Waals surface area contributed by atoms with Crippen LogP contribution in [0.3, 0.4) is 0 Å². The number of carboxylic acid groups (broad SMARTS) is 1. The van der Waals surface area contributed by atoms with Crippen LogP contribution in [0.2, 0.25) is 0 Å². The van der Waals surface area contributed by atoms with E-state index >= 15 is 0 Å². The number of carbonyl (C=O) groups excluding carboxylic acids is 1. The van der Waals surface area contributed by atoms with Crippen LogP contribution in [0.1, 0.15) is 32.6 Å². The maximum atomic E-state index is 11.4.